The van der Waals surface area contributed by atoms with Crippen LogP contribution in [0.3, 0.4) is 0 Å². The molecular formula is C25H27N3O11S. The van der Waals surface area contributed by atoms with Gasteiger partial charge in [-0.25, -0.2) is 14.6 Å². The molecule has 5 N–H and O–H groups in total. The number of benzene rings is 1. The molecule has 15 heteroatoms. The minimum atomic E-state index is -1.31. The molecule has 1 atom stereocenters. The van der Waals surface area contributed by atoms with Gasteiger partial charge in [0.15, 0.2) is 0 Å². The number of carbonyl (C=O) groups excluding carboxylic acids is 2. The van der Waals surface area contributed by atoms with Crippen LogP contribution in [0.1, 0.15) is 12.0 Å². The number of carbonyl (C=O) groups is 6. The van der Waals surface area contributed by atoms with Crippen LogP contribution in [-0.2, 0) is 30.4 Å². The molecule has 2 heterocycles. The Kier molecular flexibility index (Phi) is 14.5. The van der Waals surface area contributed by atoms with Crippen LogP contribution in [0.25, 0.3) is 0 Å². The monoisotopic (exact) mass is 577 g/mol. The van der Waals surface area contributed by atoms with Crippen molar-refractivity contribution in [2.24, 2.45) is 0 Å². The van der Waals surface area contributed by atoms with Crippen molar-refractivity contribution in [1.29, 1.82) is 0 Å². The van der Waals surface area contributed by atoms with E-state index in [1.54, 1.807) is 6.20 Å². The lowest BCUT2D eigenvalue weighted by Gasteiger charge is -2.18. The summed E-state index contributed by atoms with van der Waals surface area (Å²) in [5.74, 6) is -3.67. The fraction of sp³-hybridized carbons (Fsp3) is 0.240. The number of anilines is 1. The summed E-state index contributed by atoms with van der Waals surface area (Å²) < 4.78 is 5.75. The quantitative estimate of drug-likeness (QED) is 0.190. The second-order valence-electron chi connectivity index (χ2n) is 7.66. The van der Waals surface area contributed by atoms with E-state index in [4.69, 9.17) is 25.2 Å². The third-order valence-corrected chi connectivity index (χ3v) is 5.50. The predicted molar refractivity (Wildman–Crippen MR) is 142 cm³/mol. The van der Waals surface area contributed by atoms with Crippen LogP contribution in [-0.4, -0.2) is 85.9 Å². The second-order valence-corrected chi connectivity index (χ2v) is 8.84. The fourth-order valence-electron chi connectivity index (χ4n) is 2.73. The average molecular weight is 578 g/mol. The van der Waals surface area contributed by atoms with Crippen molar-refractivity contribution in [2.75, 3.05) is 25.1 Å². The third kappa shape index (κ3) is 14.7. The predicted octanol–water partition coefficient (Wildman–Crippen LogP) is 1.75. The highest BCUT2D eigenvalue weighted by Gasteiger charge is 2.31. The maximum absolute atomic E-state index is 11.6. The summed E-state index contributed by atoms with van der Waals surface area (Å²) >= 11 is 1.05. The zero-order valence-electron chi connectivity index (χ0n) is 21.1. The Bertz CT molecular complexity index is 1180. The van der Waals surface area contributed by atoms with E-state index in [1.807, 2.05) is 54.4 Å². The standard InChI is InChI=1S/C18H19N3O3S.C4H4O4.C3H4O4/c1-21(16-4-2-3-9-19-16)10-11-24-14-7-5-13(6-8-14)12-15-17(22)20-18(23)25-15;5-3(6)1-2-4(7)8;4-2(5)1-3(6)7/h2-9,15H,10-12H2,1H3,(H,20,22,23);1-2H,(H,5,6)(H,7,8);1H2,(H,4,5)(H,6,7). The zero-order valence-corrected chi connectivity index (χ0v) is 21.9. The number of aromatic nitrogens is 1. The van der Waals surface area contributed by atoms with Gasteiger partial charge >= 0.3 is 23.9 Å². The summed E-state index contributed by atoms with van der Waals surface area (Å²) in [5.41, 5.74) is 1.00. The van der Waals surface area contributed by atoms with Crippen molar-refractivity contribution in [3.8, 4) is 5.75 Å². The summed E-state index contributed by atoms with van der Waals surface area (Å²) in [4.78, 5) is 67.1. The SMILES string of the molecule is CN(CCOc1ccc(CC2SC(=O)NC2=O)cc1)c1ccccn1.O=C(O)C=CC(=O)O.O=C(O)CC(=O)O. The number of amides is 2. The molecule has 2 amide bonds. The van der Waals surface area contributed by atoms with Gasteiger partial charge in [-0.15, -0.1) is 0 Å². The van der Waals surface area contributed by atoms with Gasteiger partial charge in [0.05, 0.1) is 11.8 Å². The third-order valence-electron chi connectivity index (χ3n) is 4.52. The Balaban J connectivity index is 0.000000440. The molecule has 0 bridgehead atoms. The lowest BCUT2D eigenvalue weighted by atomic mass is 10.1. The molecule has 1 aliphatic heterocycles. The number of thioether (sulfide) groups is 1. The molecule has 0 aliphatic carbocycles. The minimum Gasteiger partial charge on any atom is -0.492 e. The number of pyridine rings is 1. The van der Waals surface area contributed by atoms with Crippen molar-refractivity contribution in [3.05, 3.63) is 66.4 Å². The van der Waals surface area contributed by atoms with E-state index >= 15 is 0 Å². The van der Waals surface area contributed by atoms with Gasteiger partial charge in [-0.3, -0.25) is 24.5 Å². The number of carboxylic acid groups (broad SMARTS) is 4. The normalized spacial score (nSPS) is 13.7. The molecule has 1 saturated heterocycles. The number of aliphatic carboxylic acids is 4. The summed E-state index contributed by atoms with van der Waals surface area (Å²) in [7, 11) is 1.97. The number of nitrogens with one attached hydrogen (secondary N) is 1. The topological polar surface area (TPSA) is 221 Å². The Morgan fingerprint density at radius 2 is 1.57 bits per heavy atom. The van der Waals surface area contributed by atoms with Crippen LogP contribution in [0.15, 0.2) is 60.8 Å². The van der Waals surface area contributed by atoms with Crippen molar-refractivity contribution < 1.29 is 53.9 Å². The van der Waals surface area contributed by atoms with E-state index in [9.17, 15) is 28.8 Å². The van der Waals surface area contributed by atoms with Gasteiger partial charge in [-0.2, -0.15) is 0 Å². The number of rotatable bonds is 11. The van der Waals surface area contributed by atoms with Gasteiger partial charge in [-0.05, 0) is 36.2 Å². The number of likely N-dealkylation sites (N-methyl/N-ethyl adjacent to an activating group) is 1. The molecule has 0 spiro atoms. The van der Waals surface area contributed by atoms with Gasteiger partial charge in [0.1, 0.15) is 24.6 Å². The highest BCUT2D eigenvalue weighted by Crippen LogP contribution is 2.23. The average Bonchev–Trinajstić information content (AvgIpc) is 3.20. The van der Waals surface area contributed by atoms with Crippen molar-refractivity contribution in [1.82, 2.24) is 10.3 Å². The number of hydrogen-bond acceptors (Lipinski definition) is 10. The lowest BCUT2D eigenvalue weighted by molar-refractivity contribution is -0.147. The number of hydrogen-bond donors (Lipinski definition) is 5. The van der Waals surface area contributed by atoms with Crippen LogP contribution >= 0.6 is 11.8 Å². The highest BCUT2D eigenvalue weighted by atomic mass is 32.2. The first-order valence-electron chi connectivity index (χ1n) is 11.3. The van der Waals surface area contributed by atoms with Crippen LogP contribution in [0.4, 0.5) is 10.6 Å². The molecule has 40 heavy (non-hydrogen) atoms. The summed E-state index contributed by atoms with van der Waals surface area (Å²) in [6.07, 6.45) is 2.61. The van der Waals surface area contributed by atoms with Crippen molar-refractivity contribution in [3.63, 3.8) is 0 Å². The molecule has 3 rings (SSSR count). The van der Waals surface area contributed by atoms with Gasteiger partial charge in [-0.1, -0.05) is 30.0 Å². The first kappa shape index (κ1) is 33.1. The van der Waals surface area contributed by atoms with Gasteiger partial charge < -0.3 is 30.1 Å². The molecule has 0 radical (unpaired) electrons. The van der Waals surface area contributed by atoms with Crippen LogP contribution in [0.5, 0.6) is 5.75 Å². The van der Waals surface area contributed by atoms with Gasteiger partial charge in [0.25, 0.3) is 5.24 Å². The maximum Gasteiger partial charge on any atom is 0.328 e. The second kappa shape index (κ2) is 17.6. The maximum atomic E-state index is 11.6. The van der Waals surface area contributed by atoms with Crippen molar-refractivity contribution in [2.45, 2.75) is 18.1 Å². The Labute approximate surface area is 232 Å². The number of ether oxygens (including phenoxy) is 1. The van der Waals surface area contributed by atoms with Crippen LogP contribution < -0.4 is 15.0 Å². The van der Waals surface area contributed by atoms with E-state index in [0.717, 1.165) is 35.4 Å². The molecule has 1 aromatic heterocycles. The minimum absolute atomic E-state index is 0.215. The Morgan fingerprint density at radius 3 is 2.00 bits per heavy atom. The molecule has 1 aliphatic rings. The zero-order chi connectivity index (χ0) is 30.1. The molecule has 214 valence electrons. The van der Waals surface area contributed by atoms with Crippen molar-refractivity contribution >= 4 is 52.6 Å². The fourth-order valence-corrected chi connectivity index (χ4v) is 3.59. The lowest BCUT2D eigenvalue weighted by Crippen LogP contribution is -2.25. The molecule has 1 unspecified atom stereocenters. The Morgan fingerprint density at radius 1 is 0.975 bits per heavy atom. The van der Waals surface area contributed by atoms with Crippen LogP contribution in [0, 0.1) is 0 Å². The summed E-state index contributed by atoms with van der Waals surface area (Å²) in [6, 6.07) is 13.4. The molecule has 2 aromatic rings. The van der Waals surface area contributed by atoms with E-state index in [-0.39, 0.29) is 16.4 Å². The smallest absolute Gasteiger partial charge is 0.328 e. The molecule has 1 fully saturated rings. The highest BCUT2D eigenvalue weighted by molar-refractivity contribution is 8.15. The Hall–Kier alpha value is -4.92. The van der Waals surface area contributed by atoms with Gasteiger partial charge in [0.2, 0.25) is 5.91 Å². The van der Waals surface area contributed by atoms with E-state index < -0.39 is 30.3 Å². The van der Waals surface area contributed by atoms with Gasteiger partial charge in [0, 0.05) is 25.4 Å². The van der Waals surface area contributed by atoms with Crippen LogP contribution in [0.2, 0.25) is 0 Å². The molecule has 1 aromatic carbocycles. The first-order valence-corrected chi connectivity index (χ1v) is 12.2. The van der Waals surface area contributed by atoms with E-state index in [0.29, 0.717) is 25.2 Å². The number of imide groups is 1. The number of nitrogens with zero attached hydrogens (tertiary/aromatic N) is 2. The molecule has 0 saturated carbocycles. The number of carboxylic acids is 4. The summed E-state index contributed by atoms with van der Waals surface area (Å²) in [6.45, 7) is 1.27. The van der Waals surface area contributed by atoms with E-state index in [2.05, 4.69) is 10.3 Å². The summed E-state index contributed by atoms with van der Waals surface area (Å²) in [5, 5.41) is 32.7. The molecule has 14 nitrogen and oxygen atoms in total. The largest absolute Gasteiger partial charge is 0.492 e. The first-order chi connectivity index (χ1) is 18.9. The van der Waals surface area contributed by atoms with E-state index in [1.165, 1.54) is 0 Å². The molecular weight excluding hydrogens is 550 g/mol.